The summed E-state index contributed by atoms with van der Waals surface area (Å²) in [5.41, 5.74) is 5.24. The first kappa shape index (κ1) is 14.2. The molecule has 1 aromatic heterocycles. The SMILES string of the molecule is Clc1ccc(C2(c3cc4c(nn3)CCCCC4)CCC2)cc1. The fourth-order valence-corrected chi connectivity index (χ4v) is 4.02. The third kappa shape index (κ3) is 2.34. The first-order chi connectivity index (χ1) is 10.8. The first-order valence-electron chi connectivity index (χ1n) is 8.40. The topological polar surface area (TPSA) is 25.8 Å². The quantitative estimate of drug-likeness (QED) is 0.739. The average Bonchev–Trinajstić information content (AvgIpc) is 2.73. The molecule has 0 unspecified atom stereocenters. The number of rotatable bonds is 2. The van der Waals surface area contributed by atoms with Gasteiger partial charge in [-0.05, 0) is 67.9 Å². The number of nitrogens with zero attached hydrogens (tertiary/aromatic N) is 2. The predicted molar refractivity (Wildman–Crippen MR) is 89.4 cm³/mol. The van der Waals surface area contributed by atoms with Gasteiger partial charge in [0.05, 0.1) is 11.4 Å². The highest BCUT2D eigenvalue weighted by Gasteiger charge is 2.42. The molecule has 0 saturated heterocycles. The van der Waals surface area contributed by atoms with Gasteiger partial charge in [-0.15, -0.1) is 0 Å². The minimum Gasteiger partial charge on any atom is -0.155 e. The standard InChI is InChI=1S/C19H21ClN2/c20-16-9-7-15(8-10-16)19(11-4-12-19)18-13-14-5-2-1-3-6-17(14)21-22-18/h7-10,13H,1-6,11-12H2. The van der Waals surface area contributed by atoms with Crippen LogP contribution in [-0.4, -0.2) is 10.2 Å². The highest BCUT2D eigenvalue weighted by Crippen LogP contribution is 2.48. The molecule has 1 aromatic carbocycles. The minimum absolute atomic E-state index is 0.0684. The lowest BCUT2D eigenvalue weighted by atomic mass is 9.62. The Labute approximate surface area is 136 Å². The second-order valence-electron chi connectivity index (χ2n) is 6.70. The van der Waals surface area contributed by atoms with Gasteiger partial charge in [0, 0.05) is 10.4 Å². The van der Waals surface area contributed by atoms with Gasteiger partial charge in [-0.3, -0.25) is 0 Å². The average molecular weight is 313 g/mol. The van der Waals surface area contributed by atoms with E-state index in [0.717, 1.165) is 17.9 Å². The summed E-state index contributed by atoms with van der Waals surface area (Å²) >= 11 is 6.05. The van der Waals surface area contributed by atoms with E-state index >= 15 is 0 Å². The molecule has 0 spiro atoms. The summed E-state index contributed by atoms with van der Waals surface area (Å²) in [5.74, 6) is 0. The molecule has 0 atom stereocenters. The number of aryl methyl sites for hydroxylation is 2. The number of benzene rings is 1. The molecule has 0 aliphatic heterocycles. The van der Waals surface area contributed by atoms with E-state index in [2.05, 4.69) is 28.4 Å². The van der Waals surface area contributed by atoms with Crippen LogP contribution in [0.25, 0.3) is 0 Å². The summed E-state index contributed by atoms with van der Waals surface area (Å²) in [4.78, 5) is 0. The van der Waals surface area contributed by atoms with Crippen LogP contribution in [0.4, 0.5) is 0 Å². The molecule has 2 aliphatic rings. The molecular weight excluding hydrogens is 292 g/mol. The van der Waals surface area contributed by atoms with Gasteiger partial charge < -0.3 is 0 Å². The smallest absolute Gasteiger partial charge is 0.0739 e. The fraction of sp³-hybridized carbons (Fsp3) is 0.474. The molecule has 1 heterocycles. The van der Waals surface area contributed by atoms with Gasteiger partial charge in [0.15, 0.2) is 0 Å². The summed E-state index contributed by atoms with van der Waals surface area (Å²) in [5, 5.41) is 10.0. The third-order valence-electron chi connectivity index (χ3n) is 5.41. The molecule has 1 fully saturated rings. The lowest BCUT2D eigenvalue weighted by Gasteiger charge is -2.42. The molecule has 3 heteroatoms. The summed E-state index contributed by atoms with van der Waals surface area (Å²) in [7, 11) is 0. The molecular formula is C19H21ClN2. The van der Waals surface area contributed by atoms with Crippen molar-refractivity contribution >= 4 is 11.6 Å². The Morgan fingerprint density at radius 1 is 0.864 bits per heavy atom. The normalized spacial score (nSPS) is 19.9. The first-order valence-corrected chi connectivity index (χ1v) is 8.78. The molecule has 2 nitrogen and oxygen atoms in total. The fourth-order valence-electron chi connectivity index (χ4n) is 3.89. The molecule has 2 aliphatic carbocycles. The van der Waals surface area contributed by atoms with E-state index in [9.17, 15) is 0 Å². The van der Waals surface area contributed by atoms with Crippen LogP contribution in [0.5, 0.6) is 0 Å². The zero-order chi connectivity index (χ0) is 15.0. The van der Waals surface area contributed by atoms with Crippen molar-refractivity contribution in [2.75, 3.05) is 0 Å². The van der Waals surface area contributed by atoms with E-state index in [0.29, 0.717) is 0 Å². The Morgan fingerprint density at radius 2 is 1.64 bits per heavy atom. The van der Waals surface area contributed by atoms with E-state index in [4.69, 9.17) is 11.6 Å². The number of hydrogen-bond acceptors (Lipinski definition) is 2. The Bertz CT molecular complexity index is 674. The highest BCUT2D eigenvalue weighted by molar-refractivity contribution is 6.30. The van der Waals surface area contributed by atoms with E-state index in [-0.39, 0.29) is 5.41 Å². The van der Waals surface area contributed by atoms with Gasteiger partial charge in [-0.1, -0.05) is 36.6 Å². The lowest BCUT2D eigenvalue weighted by molar-refractivity contribution is 0.291. The van der Waals surface area contributed by atoms with Gasteiger partial charge in [-0.25, -0.2) is 0 Å². The lowest BCUT2D eigenvalue weighted by Crippen LogP contribution is -2.36. The molecule has 0 amide bonds. The van der Waals surface area contributed by atoms with Crippen molar-refractivity contribution in [1.29, 1.82) is 0 Å². The van der Waals surface area contributed by atoms with Crippen molar-refractivity contribution in [3.8, 4) is 0 Å². The van der Waals surface area contributed by atoms with Gasteiger partial charge in [-0.2, -0.15) is 10.2 Å². The van der Waals surface area contributed by atoms with Crippen LogP contribution in [0.2, 0.25) is 5.02 Å². The summed E-state index contributed by atoms with van der Waals surface area (Å²) < 4.78 is 0. The van der Waals surface area contributed by atoms with Crippen molar-refractivity contribution in [3.05, 3.63) is 57.9 Å². The van der Waals surface area contributed by atoms with Gasteiger partial charge >= 0.3 is 0 Å². The monoisotopic (exact) mass is 312 g/mol. The number of aromatic nitrogens is 2. The van der Waals surface area contributed by atoms with Crippen LogP contribution >= 0.6 is 11.6 Å². The second kappa shape index (κ2) is 5.66. The summed E-state index contributed by atoms with van der Waals surface area (Å²) in [6, 6.07) is 10.7. The number of hydrogen-bond donors (Lipinski definition) is 0. The van der Waals surface area contributed by atoms with E-state index in [1.807, 2.05) is 12.1 Å². The largest absolute Gasteiger partial charge is 0.155 e. The second-order valence-corrected chi connectivity index (χ2v) is 7.14. The summed E-state index contributed by atoms with van der Waals surface area (Å²) in [6.45, 7) is 0. The van der Waals surface area contributed by atoms with Crippen LogP contribution in [0.3, 0.4) is 0 Å². The van der Waals surface area contributed by atoms with Crippen LogP contribution in [0, 0.1) is 0 Å². The Morgan fingerprint density at radius 3 is 2.36 bits per heavy atom. The summed E-state index contributed by atoms with van der Waals surface area (Å²) in [6.07, 6.45) is 9.71. The third-order valence-corrected chi connectivity index (χ3v) is 5.67. The van der Waals surface area contributed by atoms with Gasteiger partial charge in [0.25, 0.3) is 0 Å². The Hall–Kier alpha value is -1.41. The van der Waals surface area contributed by atoms with Crippen molar-refractivity contribution < 1.29 is 0 Å². The zero-order valence-electron chi connectivity index (χ0n) is 12.8. The maximum atomic E-state index is 6.05. The number of halogens is 1. The molecule has 2 aromatic rings. The van der Waals surface area contributed by atoms with Crippen LogP contribution in [0.15, 0.2) is 30.3 Å². The van der Waals surface area contributed by atoms with Crippen molar-refractivity contribution in [2.24, 2.45) is 0 Å². The van der Waals surface area contributed by atoms with Crippen LogP contribution in [0.1, 0.15) is 61.0 Å². The Kier molecular flexibility index (Phi) is 3.65. The molecule has 0 N–H and O–H groups in total. The molecule has 4 rings (SSSR count). The molecule has 114 valence electrons. The molecule has 1 saturated carbocycles. The Balaban J connectivity index is 1.75. The maximum absolute atomic E-state index is 6.05. The number of fused-ring (bicyclic) bond motifs is 1. The zero-order valence-corrected chi connectivity index (χ0v) is 13.6. The molecule has 0 radical (unpaired) electrons. The van der Waals surface area contributed by atoms with Crippen molar-refractivity contribution in [1.82, 2.24) is 10.2 Å². The van der Waals surface area contributed by atoms with E-state index in [1.54, 1.807) is 0 Å². The minimum atomic E-state index is 0.0684. The van der Waals surface area contributed by atoms with E-state index in [1.165, 1.54) is 61.0 Å². The van der Waals surface area contributed by atoms with Gasteiger partial charge in [0.2, 0.25) is 0 Å². The van der Waals surface area contributed by atoms with Crippen molar-refractivity contribution in [3.63, 3.8) is 0 Å². The highest BCUT2D eigenvalue weighted by atomic mass is 35.5. The molecule has 0 bridgehead atoms. The molecule has 22 heavy (non-hydrogen) atoms. The predicted octanol–water partition coefficient (Wildman–Crippen LogP) is 4.87. The van der Waals surface area contributed by atoms with E-state index < -0.39 is 0 Å². The van der Waals surface area contributed by atoms with Crippen LogP contribution < -0.4 is 0 Å². The van der Waals surface area contributed by atoms with Gasteiger partial charge in [0.1, 0.15) is 0 Å². The maximum Gasteiger partial charge on any atom is 0.0739 e. The van der Waals surface area contributed by atoms with Crippen LogP contribution in [-0.2, 0) is 18.3 Å². The van der Waals surface area contributed by atoms with Crippen molar-refractivity contribution in [2.45, 2.75) is 56.8 Å².